The molecule has 0 spiro atoms. The molecule has 0 fully saturated rings. The van der Waals surface area contributed by atoms with Gasteiger partial charge in [-0.15, -0.1) is 0 Å². The largest absolute Gasteiger partial charge is 0.469 e. The lowest BCUT2D eigenvalue weighted by Crippen LogP contribution is -2.15. The molecule has 7 nitrogen and oxygen atoms in total. The lowest BCUT2D eigenvalue weighted by Gasteiger charge is -2.06. The Morgan fingerprint density at radius 1 is 1.16 bits per heavy atom. The van der Waals surface area contributed by atoms with Gasteiger partial charge in [-0.3, -0.25) is 9.36 Å². The van der Waals surface area contributed by atoms with Crippen molar-refractivity contribution < 1.29 is 23.3 Å². The highest BCUT2D eigenvalue weighted by Gasteiger charge is 2.20. The van der Waals surface area contributed by atoms with Crippen molar-refractivity contribution in [3.63, 3.8) is 0 Å². The molecular formula is C18H18N2O5. The normalized spacial score (nSPS) is 10.9. The van der Waals surface area contributed by atoms with E-state index in [4.69, 9.17) is 13.7 Å². The number of ether oxygens (including phenoxy) is 1. The molecule has 3 aromatic rings. The summed E-state index contributed by atoms with van der Waals surface area (Å²) in [5.41, 5.74) is 2.35. The molecule has 0 N–H and O–H groups in total. The van der Waals surface area contributed by atoms with Gasteiger partial charge in [-0.25, -0.2) is 4.79 Å². The molecule has 0 aromatic carbocycles. The summed E-state index contributed by atoms with van der Waals surface area (Å²) in [6.07, 6.45) is 1.40. The maximum absolute atomic E-state index is 12.5. The molecule has 3 rings (SSSR count). The molecule has 7 heteroatoms. The number of esters is 1. The van der Waals surface area contributed by atoms with Crippen molar-refractivity contribution in [3.8, 4) is 5.82 Å². The van der Waals surface area contributed by atoms with Gasteiger partial charge in [-0.1, -0.05) is 5.16 Å². The van der Waals surface area contributed by atoms with Crippen molar-refractivity contribution in [3.05, 3.63) is 58.5 Å². The summed E-state index contributed by atoms with van der Waals surface area (Å²) < 4.78 is 17.1. The smallest absolute Gasteiger partial charge is 0.342 e. The lowest BCUT2D eigenvalue weighted by molar-refractivity contribution is 0.0472. The molecule has 0 atom stereocenters. The topological polar surface area (TPSA) is 87.5 Å². The van der Waals surface area contributed by atoms with Gasteiger partial charge in [0.1, 0.15) is 17.1 Å². The van der Waals surface area contributed by atoms with Crippen LogP contribution in [0.5, 0.6) is 0 Å². The predicted octanol–water partition coefficient (Wildman–Crippen LogP) is 3.33. The highest BCUT2D eigenvalue weighted by molar-refractivity contribution is 6.00. The van der Waals surface area contributed by atoms with Crippen LogP contribution in [0.1, 0.15) is 43.6 Å². The van der Waals surface area contributed by atoms with E-state index in [-0.39, 0.29) is 12.4 Å². The molecule has 25 heavy (non-hydrogen) atoms. The standard InChI is InChI=1S/C18H18N2O5/c1-10-7-15(12(3)20(10)17-8-11(2)25-19-17)16(21)9-24-18(22)14-5-6-23-13(14)4/h5-8H,9H2,1-4H3. The number of hydrogen-bond donors (Lipinski definition) is 0. The van der Waals surface area contributed by atoms with Gasteiger partial charge in [-0.2, -0.15) is 0 Å². The van der Waals surface area contributed by atoms with E-state index in [1.54, 1.807) is 26.0 Å². The number of nitrogens with zero attached hydrogens (tertiary/aromatic N) is 2. The van der Waals surface area contributed by atoms with Crippen LogP contribution in [-0.2, 0) is 4.74 Å². The molecule has 0 aliphatic carbocycles. The molecule has 0 amide bonds. The van der Waals surface area contributed by atoms with Crippen LogP contribution < -0.4 is 0 Å². The second-order valence-corrected chi connectivity index (χ2v) is 5.81. The minimum atomic E-state index is -0.583. The summed E-state index contributed by atoms with van der Waals surface area (Å²) in [7, 11) is 0. The molecule has 0 saturated carbocycles. The van der Waals surface area contributed by atoms with Gasteiger partial charge >= 0.3 is 5.97 Å². The lowest BCUT2D eigenvalue weighted by atomic mass is 10.1. The van der Waals surface area contributed by atoms with E-state index < -0.39 is 5.97 Å². The summed E-state index contributed by atoms with van der Waals surface area (Å²) in [5, 5.41) is 3.98. The molecular weight excluding hydrogens is 324 g/mol. The number of ketones is 1. The molecule has 3 heterocycles. The van der Waals surface area contributed by atoms with Crippen LogP contribution in [0.4, 0.5) is 0 Å². The summed E-state index contributed by atoms with van der Waals surface area (Å²) in [4.78, 5) is 24.5. The van der Waals surface area contributed by atoms with Crippen molar-refractivity contribution in [2.24, 2.45) is 0 Å². The third kappa shape index (κ3) is 3.13. The summed E-state index contributed by atoms with van der Waals surface area (Å²) in [6, 6.07) is 5.05. The van der Waals surface area contributed by atoms with Gasteiger partial charge in [0.2, 0.25) is 5.78 Å². The Kier molecular flexibility index (Phi) is 4.31. The number of aromatic nitrogens is 2. The van der Waals surface area contributed by atoms with E-state index in [9.17, 15) is 9.59 Å². The molecule has 0 radical (unpaired) electrons. The zero-order valence-electron chi connectivity index (χ0n) is 14.5. The van der Waals surface area contributed by atoms with Crippen molar-refractivity contribution >= 4 is 11.8 Å². The van der Waals surface area contributed by atoms with E-state index in [1.165, 1.54) is 12.3 Å². The molecule has 0 aliphatic heterocycles. The Labute approximate surface area is 144 Å². The fourth-order valence-corrected chi connectivity index (χ4v) is 2.74. The number of hydrogen-bond acceptors (Lipinski definition) is 6. The van der Waals surface area contributed by atoms with Gasteiger partial charge in [0.05, 0.1) is 6.26 Å². The Morgan fingerprint density at radius 2 is 1.92 bits per heavy atom. The van der Waals surface area contributed by atoms with Crippen molar-refractivity contribution in [1.29, 1.82) is 0 Å². The minimum absolute atomic E-state index is 0.283. The van der Waals surface area contributed by atoms with E-state index in [0.717, 1.165) is 5.69 Å². The number of aryl methyl sites for hydroxylation is 3. The van der Waals surface area contributed by atoms with Crippen LogP contribution in [0.2, 0.25) is 0 Å². The first-order valence-corrected chi connectivity index (χ1v) is 7.75. The van der Waals surface area contributed by atoms with Gasteiger partial charge < -0.3 is 13.7 Å². The van der Waals surface area contributed by atoms with Crippen molar-refractivity contribution in [1.82, 2.24) is 9.72 Å². The molecule has 130 valence electrons. The van der Waals surface area contributed by atoms with Gasteiger partial charge in [0.25, 0.3) is 0 Å². The third-order valence-corrected chi connectivity index (χ3v) is 3.99. The number of Topliss-reactive ketones (excluding diaryl/α,β-unsaturated/α-hetero) is 1. The second kappa shape index (κ2) is 6.43. The molecule has 0 bridgehead atoms. The zero-order chi connectivity index (χ0) is 18.1. The average molecular weight is 342 g/mol. The van der Waals surface area contributed by atoms with Gasteiger partial charge in [0, 0.05) is 23.0 Å². The number of carbonyl (C=O) groups is 2. The summed E-state index contributed by atoms with van der Waals surface area (Å²) in [5.74, 6) is 0.879. The fourth-order valence-electron chi connectivity index (χ4n) is 2.74. The second-order valence-electron chi connectivity index (χ2n) is 5.81. The van der Waals surface area contributed by atoms with Gasteiger partial charge in [-0.05, 0) is 39.8 Å². The molecule has 0 unspecified atom stereocenters. The maximum atomic E-state index is 12.5. The fraction of sp³-hybridized carbons (Fsp3) is 0.278. The summed E-state index contributed by atoms with van der Waals surface area (Å²) in [6.45, 7) is 6.80. The summed E-state index contributed by atoms with van der Waals surface area (Å²) >= 11 is 0. The van der Waals surface area contributed by atoms with Crippen LogP contribution in [-0.4, -0.2) is 28.1 Å². The van der Waals surface area contributed by atoms with Crippen LogP contribution in [0.3, 0.4) is 0 Å². The van der Waals surface area contributed by atoms with Crippen LogP contribution in [0, 0.1) is 27.7 Å². The van der Waals surface area contributed by atoms with Crippen molar-refractivity contribution in [2.45, 2.75) is 27.7 Å². The minimum Gasteiger partial charge on any atom is -0.469 e. The number of rotatable bonds is 5. The van der Waals surface area contributed by atoms with Crippen molar-refractivity contribution in [2.75, 3.05) is 6.61 Å². The first-order chi connectivity index (χ1) is 11.9. The average Bonchev–Trinajstić information content (AvgIpc) is 3.24. The van der Waals surface area contributed by atoms with E-state index in [2.05, 4.69) is 5.16 Å². The Hall–Kier alpha value is -3.09. The Morgan fingerprint density at radius 3 is 2.52 bits per heavy atom. The van der Waals surface area contributed by atoms with E-state index >= 15 is 0 Å². The molecule has 0 saturated heterocycles. The maximum Gasteiger partial charge on any atom is 0.342 e. The molecule has 0 aliphatic rings. The highest BCUT2D eigenvalue weighted by Crippen LogP contribution is 2.21. The number of carbonyl (C=O) groups excluding carboxylic acids is 2. The Balaban J connectivity index is 1.77. The van der Waals surface area contributed by atoms with Crippen LogP contribution >= 0.6 is 0 Å². The monoisotopic (exact) mass is 342 g/mol. The van der Waals surface area contributed by atoms with Crippen LogP contribution in [0.15, 0.2) is 33.4 Å². The SMILES string of the molecule is Cc1cc(-n2c(C)cc(C(=O)COC(=O)c3ccoc3C)c2C)no1. The van der Waals surface area contributed by atoms with E-state index in [1.807, 2.05) is 18.4 Å². The third-order valence-electron chi connectivity index (χ3n) is 3.99. The van der Waals surface area contributed by atoms with Crippen LogP contribution in [0.25, 0.3) is 5.82 Å². The first-order valence-electron chi connectivity index (χ1n) is 7.75. The zero-order valence-corrected chi connectivity index (χ0v) is 14.5. The Bertz CT molecular complexity index is 945. The number of furan rings is 1. The highest BCUT2D eigenvalue weighted by atomic mass is 16.5. The first kappa shape index (κ1) is 16.8. The quantitative estimate of drug-likeness (QED) is 0.522. The van der Waals surface area contributed by atoms with Gasteiger partial charge in [0.15, 0.2) is 12.4 Å². The predicted molar refractivity (Wildman–Crippen MR) is 88.1 cm³/mol. The molecule has 3 aromatic heterocycles. The van der Waals surface area contributed by atoms with E-state index in [0.29, 0.717) is 34.2 Å².